The summed E-state index contributed by atoms with van der Waals surface area (Å²) in [6, 6.07) is 6.67. The van der Waals surface area contributed by atoms with Crippen LogP contribution in [0.3, 0.4) is 0 Å². The van der Waals surface area contributed by atoms with E-state index >= 15 is 0 Å². The number of amides is 1. The van der Waals surface area contributed by atoms with Crippen LogP contribution >= 0.6 is 0 Å². The van der Waals surface area contributed by atoms with Crippen LogP contribution in [0.25, 0.3) is 0 Å². The first-order valence-electron chi connectivity index (χ1n) is 5.49. The first-order chi connectivity index (χ1) is 8.95. The number of anilines is 1. The maximum Gasteiger partial charge on any atom is 0.255 e. The number of hydrogen-bond acceptors (Lipinski definition) is 1. The van der Waals surface area contributed by atoms with Gasteiger partial charge in [0, 0.05) is 11.6 Å². The molecule has 5 heteroatoms. The Morgan fingerprint density at radius 3 is 2.21 bits per heavy atom. The molecule has 0 fully saturated rings. The zero-order valence-corrected chi connectivity index (χ0v) is 10.0. The normalized spacial score (nSPS) is 10.3. The molecule has 0 aliphatic heterocycles. The lowest BCUT2D eigenvalue weighted by Crippen LogP contribution is -2.13. The second kappa shape index (κ2) is 5.14. The first-order valence-corrected chi connectivity index (χ1v) is 5.49. The Labute approximate surface area is 107 Å². The molecule has 2 aromatic carbocycles. The fourth-order valence-electron chi connectivity index (χ4n) is 1.60. The maximum atomic E-state index is 13.5. The van der Waals surface area contributed by atoms with Crippen molar-refractivity contribution < 1.29 is 18.0 Å². The third-order valence-corrected chi connectivity index (χ3v) is 2.50. The number of rotatable bonds is 2. The number of halogens is 3. The molecule has 19 heavy (non-hydrogen) atoms. The second-order valence-corrected chi connectivity index (χ2v) is 4.10. The lowest BCUT2D eigenvalue weighted by Gasteiger charge is -2.07. The minimum absolute atomic E-state index is 0.0414. The largest absolute Gasteiger partial charge is 0.319 e. The highest BCUT2D eigenvalue weighted by atomic mass is 19.1. The Kier molecular flexibility index (Phi) is 3.55. The van der Waals surface area contributed by atoms with Crippen molar-refractivity contribution >= 4 is 11.6 Å². The summed E-state index contributed by atoms with van der Waals surface area (Å²) in [6.07, 6.45) is 0. The van der Waals surface area contributed by atoms with Gasteiger partial charge < -0.3 is 5.32 Å². The third-order valence-electron chi connectivity index (χ3n) is 2.50. The van der Waals surface area contributed by atoms with Crippen molar-refractivity contribution in [2.75, 3.05) is 5.32 Å². The summed E-state index contributed by atoms with van der Waals surface area (Å²) in [7, 11) is 0. The molecule has 0 saturated carbocycles. The molecule has 0 radical (unpaired) electrons. The molecule has 0 bridgehead atoms. The number of benzene rings is 2. The summed E-state index contributed by atoms with van der Waals surface area (Å²) in [6.45, 7) is 1.70. The van der Waals surface area contributed by atoms with Crippen molar-refractivity contribution in [1.29, 1.82) is 0 Å². The highest BCUT2D eigenvalue weighted by molar-refractivity contribution is 6.04. The fourth-order valence-corrected chi connectivity index (χ4v) is 1.60. The molecule has 1 N–H and O–H groups in total. The van der Waals surface area contributed by atoms with Gasteiger partial charge in [0.2, 0.25) is 0 Å². The van der Waals surface area contributed by atoms with Crippen molar-refractivity contribution in [1.82, 2.24) is 0 Å². The summed E-state index contributed by atoms with van der Waals surface area (Å²) in [5.74, 6) is -3.12. The van der Waals surface area contributed by atoms with Gasteiger partial charge in [0.05, 0.1) is 5.69 Å². The van der Waals surface area contributed by atoms with Crippen LogP contribution in [-0.2, 0) is 0 Å². The molecule has 0 aliphatic rings. The Hall–Kier alpha value is -2.30. The van der Waals surface area contributed by atoms with Crippen LogP contribution in [0.1, 0.15) is 15.9 Å². The lowest BCUT2D eigenvalue weighted by molar-refractivity contribution is 0.102. The molecule has 0 spiro atoms. The fraction of sp³-hybridized carbons (Fsp3) is 0.0714. The molecule has 2 aromatic rings. The van der Waals surface area contributed by atoms with Crippen LogP contribution in [0.15, 0.2) is 36.4 Å². The van der Waals surface area contributed by atoms with Gasteiger partial charge in [-0.15, -0.1) is 0 Å². The van der Waals surface area contributed by atoms with E-state index in [-0.39, 0.29) is 11.3 Å². The van der Waals surface area contributed by atoms with E-state index in [0.717, 1.165) is 12.1 Å². The summed E-state index contributed by atoms with van der Waals surface area (Å²) in [4.78, 5) is 11.7. The van der Waals surface area contributed by atoms with E-state index in [1.165, 1.54) is 12.1 Å². The third kappa shape index (κ3) is 3.13. The Balaban J connectivity index is 2.25. The SMILES string of the molecule is Cc1ccc(NC(=O)c2cc(F)cc(F)c2)c(F)c1. The highest BCUT2D eigenvalue weighted by Crippen LogP contribution is 2.17. The Morgan fingerprint density at radius 1 is 1.00 bits per heavy atom. The van der Waals surface area contributed by atoms with E-state index in [1.807, 2.05) is 0 Å². The molecule has 0 unspecified atom stereocenters. The predicted molar refractivity (Wildman–Crippen MR) is 65.4 cm³/mol. The Bertz CT molecular complexity index is 620. The van der Waals surface area contributed by atoms with E-state index in [0.29, 0.717) is 11.6 Å². The molecule has 98 valence electrons. The standard InChI is InChI=1S/C14H10F3NO/c1-8-2-3-13(12(17)4-8)18-14(19)9-5-10(15)7-11(16)6-9/h2-7H,1H3,(H,18,19). The minimum Gasteiger partial charge on any atom is -0.319 e. The molecule has 0 aromatic heterocycles. The highest BCUT2D eigenvalue weighted by Gasteiger charge is 2.11. The summed E-state index contributed by atoms with van der Waals surface area (Å²) in [5.41, 5.74) is 0.449. The van der Waals surface area contributed by atoms with Crippen molar-refractivity contribution in [3.63, 3.8) is 0 Å². The lowest BCUT2D eigenvalue weighted by atomic mass is 10.1. The van der Waals surface area contributed by atoms with E-state index in [1.54, 1.807) is 13.0 Å². The number of aryl methyl sites for hydroxylation is 1. The van der Waals surface area contributed by atoms with Crippen LogP contribution in [0, 0.1) is 24.4 Å². The van der Waals surface area contributed by atoms with E-state index in [2.05, 4.69) is 5.32 Å². The smallest absolute Gasteiger partial charge is 0.255 e. The molecular formula is C14H10F3NO. The van der Waals surface area contributed by atoms with Crippen molar-refractivity contribution in [3.05, 3.63) is 65.0 Å². The van der Waals surface area contributed by atoms with Gasteiger partial charge in [-0.1, -0.05) is 6.07 Å². The predicted octanol–water partition coefficient (Wildman–Crippen LogP) is 3.66. The van der Waals surface area contributed by atoms with Crippen LogP contribution in [0.4, 0.5) is 18.9 Å². The van der Waals surface area contributed by atoms with Gasteiger partial charge in [0.15, 0.2) is 0 Å². The summed E-state index contributed by atoms with van der Waals surface area (Å²) < 4.78 is 39.5. The van der Waals surface area contributed by atoms with E-state index in [9.17, 15) is 18.0 Å². The first kappa shape index (κ1) is 13.1. The average Bonchev–Trinajstić information content (AvgIpc) is 2.31. The summed E-state index contributed by atoms with van der Waals surface area (Å²) >= 11 is 0. The van der Waals surface area contributed by atoms with Gasteiger partial charge in [-0.2, -0.15) is 0 Å². The van der Waals surface area contributed by atoms with Crippen LogP contribution < -0.4 is 5.32 Å². The maximum absolute atomic E-state index is 13.5. The zero-order chi connectivity index (χ0) is 14.0. The van der Waals surface area contributed by atoms with Crippen molar-refractivity contribution in [2.45, 2.75) is 6.92 Å². The van der Waals surface area contributed by atoms with Crippen LogP contribution in [-0.4, -0.2) is 5.91 Å². The monoisotopic (exact) mass is 265 g/mol. The second-order valence-electron chi connectivity index (χ2n) is 4.10. The van der Waals surface area contributed by atoms with Gasteiger partial charge in [0.25, 0.3) is 5.91 Å². The zero-order valence-electron chi connectivity index (χ0n) is 10.0. The van der Waals surface area contributed by atoms with Gasteiger partial charge in [-0.3, -0.25) is 4.79 Å². The molecular weight excluding hydrogens is 255 g/mol. The molecule has 0 atom stereocenters. The molecule has 2 nitrogen and oxygen atoms in total. The van der Waals surface area contributed by atoms with E-state index < -0.39 is 23.4 Å². The topological polar surface area (TPSA) is 29.1 Å². The average molecular weight is 265 g/mol. The quantitative estimate of drug-likeness (QED) is 0.882. The van der Waals surface area contributed by atoms with Gasteiger partial charge in [-0.05, 0) is 36.8 Å². The number of carbonyl (C=O) groups excluding carboxylic acids is 1. The number of nitrogens with one attached hydrogen (secondary N) is 1. The van der Waals surface area contributed by atoms with Gasteiger partial charge in [-0.25, -0.2) is 13.2 Å². The van der Waals surface area contributed by atoms with Crippen LogP contribution in [0.2, 0.25) is 0 Å². The van der Waals surface area contributed by atoms with Crippen molar-refractivity contribution in [2.24, 2.45) is 0 Å². The molecule has 0 aliphatic carbocycles. The molecule has 1 amide bonds. The molecule has 2 rings (SSSR count). The molecule has 0 saturated heterocycles. The summed E-state index contributed by atoms with van der Waals surface area (Å²) in [5, 5.41) is 2.26. The number of carbonyl (C=O) groups is 1. The van der Waals surface area contributed by atoms with Crippen molar-refractivity contribution in [3.8, 4) is 0 Å². The van der Waals surface area contributed by atoms with Gasteiger partial charge >= 0.3 is 0 Å². The molecule has 0 heterocycles. The van der Waals surface area contributed by atoms with E-state index in [4.69, 9.17) is 0 Å². The number of hydrogen-bond donors (Lipinski definition) is 1. The van der Waals surface area contributed by atoms with Crippen LogP contribution in [0.5, 0.6) is 0 Å². The van der Waals surface area contributed by atoms with Gasteiger partial charge in [0.1, 0.15) is 17.5 Å². The Morgan fingerprint density at radius 2 is 1.63 bits per heavy atom. The minimum atomic E-state index is -0.866.